The van der Waals surface area contributed by atoms with Crippen LogP contribution in [-0.4, -0.2) is 4.57 Å². The van der Waals surface area contributed by atoms with Crippen LogP contribution < -0.4 is 5.56 Å². The quantitative estimate of drug-likeness (QED) is 0.832. The zero-order valence-electron chi connectivity index (χ0n) is 8.66. The molecule has 0 bridgehead atoms. The van der Waals surface area contributed by atoms with Crippen LogP contribution in [0.4, 0.5) is 4.39 Å². The summed E-state index contributed by atoms with van der Waals surface area (Å²) in [4.78, 5) is 11.6. The molecule has 1 aromatic carbocycles. The van der Waals surface area contributed by atoms with Crippen molar-refractivity contribution in [2.24, 2.45) is 0 Å². The van der Waals surface area contributed by atoms with Crippen LogP contribution in [0.1, 0.15) is 5.56 Å². The third kappa shape index (κ3) is 2.96. The van der Waals surface area contributed by atoms with Gasteiger partial charge in [0.25, 0.3) is 5.56 Å². The Balaban J connectivity index is 2.41. The number of hydrogen-bond acceptors (Lipinski definition) is 1. The lowest BCUT2D eigenvalue weighted by molar-refractivity contribution is 0.596. The van der Waals surface area contributed by atoms with E-state index >= 15 is 0 Å². The topological polar surface area (TPSA) is 22.0 Å². The molecule has 2 rings (SSSR count). The second kappa shape index (κ2) is 5.02. The molecule has 1 heterocycles. The molecule has 2 nitrogen and oxygen atoms in total. The van der Waals surface area contributed by atoms with Crippen LogP contribution in [0.5, 0.6) is 0 Å². The van der Waals surface area contributed by atoms with Crippen LogP contribution >= 0.6 is 27.5 Å². The Bertz CT molecular complexity index is 612. The lowest BCUT2D eigenvalue weighted by atomic mass is 10.2. The SMILES string of the molecule is O=c1ccc(Br)cn1Cc1cc(Cl)ccc1F. The highest BCUT2D eigenvalue weighted by atomic mass is 79.9. The lowest BCUT2D eigenvalue weighted by Gasteiger charge is -2.07. The van der Waals surface area contributed by atoms with Crippen LogP contribution in [0.25, 0.3) is 0 Å². The van der Waals surface area contributed by atoms with Crippen molar-refractivity contribution < 1.29 is 4.39 Å². The van der Waals surface area contributed by atoms with E-state index in [-0.39, 0.29) is 17.9 Å². The third-order valence-corrected chi connectivity index (χ3v) is 3.00. The van der Waals surface area contributed by atoms with Crippen LogP contribution in [-0.2, 0) is 6.54 Å². The molecule has 2 aromatic rings. The Hall–Kier alpha value is -1.13. The summed E-state index contributed by atoms with van der Waals surface area (Å²) in [6.07, 6.45) is 1.61. The fourth-order valence-corrected chi connectivity index (χ4v) is 2.05. The molecule has 0 fully saturated rings. The maximum absolute atomic E-state index is 13.5. The van der Waals surface area contributed by atoms with Crippen molar-refractivity contribution in [3.63, 3.8) is 0 Å². The smallest absolute Gasteiger partial charge is 0.250 e. The van der Waals surface area contributed by atoms with Crippen molar-refractivity contribution in [1.29, 1.82) is 0 Å². The molecule has 0 aliphatic heterocycles. The van der Waals surface area contributed by atoms with E-state index in [0.717, 1.165) is 4.47 Å². The molecule has 0 N–H and O–H groups in total. The summed E-state index contributed by atoms with van der Waals surface area (Å²) in [5, 5.41) is 0.449. The maximum Gasteiger partial charge on any atom is 0.250 e. The minimum Gasteiger partial charge on any atom is -0.310 e. The summed E-state index contributed by atoms with van der Waals surface area (Å²) >= 11 is 9.05. The van der Waals surface area contributed by atoms with Gasteiger partial charge in [-0.3, -0.25) is 4.79 Å². The van der Waals surface area contributed by atoms with E-state index in [1.807, 2.05) is 0 Å². The Kier molecular flexibility index (Phi) is 3.64. The summed E-state index contributed by atoms with van der Waals surface area (Å²) in [7, 11) is 0. The predicted octanol–water partition coefficient (Wildman–Crippen LogP) is 3.45. The van der Waals surface area contributed by atoms with E-state index in [2.05, 4.69) is 15.9 Å². The van der Waals surface area contributed by atoms with Gasteiger partial charge in [0.05, 0.1) is 6.54 Å². The minimum absolute atomic E-state index is 0.157. The number of benzene rings is 1. The normalized spacial score (nSPS) is 10.5. The summed E-state index contributed by atoms with van der Waals surface area (Å²) in [5.74, 6) is -0.374. The maximum atomic E-state index is 13.5. The fraction of sp³-hybridized carbons (Fsp3) is 0.0833. The van der Waals surface area contributed by atoms with Crippen molar-refractivity contribution in [2.45, 2.75) is 6.54 Å². The van der Waals surface area contributed by atoms with Gasteiger partial charge in [-0.1, -0.05) is 11.6 Å². The standard InChI is InChI=1S/C12H8BrClFNO/c13-9-1-4-12(17)16(7-9)6-8-5-10(14)2-3-11(8)15/h1-5,7H,6H2. The molecule has 0 aliphatic carbocycles. The van der Waals surface area contributed by atoms with E-state index in [0.29, 0.717) is 10.6 Å². The zero-order valence-corrected chi connectivity index (χ0v) is 11.0. The molecule has 0 saturated carbocycles. The molecule has 1 aromatic heterocycles. The van der Waals surface area contributed by atoms with Gasteiger partial charge in [0.1, 0.15) is 5.82 Å². The van der Waals surface area contributed by atoms with Crippen molar-refractivity contribution >= 4 is 27.5 Å². The van der Waals surface area contributed by atoms with Crippen LogP contribution in [0.15, 0.2) is 45.8 Å². The first-order valence-corrected chi connectivity index (χ1v) is 6.03. The van der Waals surface area contributed by atoms with Gasteiger partial charge in [0.2, 0.25) is 0 Å². The molecule has 0 spiro atoms. The van der Waals surface area contributed by atoms with Gasteiger partial charge in [-0.05, 0) is 40.2 Å². The van der Waals surface area contributed by atoms with E-state index in [9.17, 15) is 9.18 Å². The van der Waals surface area contributed by atoms with Crippen molar-refractivity contribution in [1.82, 2.24) is 4.57 Å². The van der Waals surface area contributed by atoms with Crippen molar-refractivity contribution in [3.05, 3.63) is 67.8 Å². The highest BCUT2D eigenvalue weighted by molar-refractivity contribution is 9.10. The monoisotopic (exact) mass is 315 g/mol. The number of hydrogen-bond donors (Lipinski definition) is 0. The van der Waals surface area contributed by atoms with E-state index in [1.54, 1.807) is 12.3 Å². The highest BCUT2D eigenvalue weighted by Crippen LogP contribution is 2.16. The number of halogens is 3. The number of rotatable bonds is 2. The van der Waals surface area contributed by atoms with E-state index in [4.69, 9.17) is 11.6 Å². The molecular weight excluding hydrogens is 308 g/mol. The van der Waals surface area contributed by atoms with Gasteiger partial charge >= 0.3 is 0 Å². The Morgan fingerprint density at radius 2 is 2.06 bits per heavy atom. The number of pyridine rings is 1. The predicted molar refractivity (Wildman–Crippen MR) is 68.9 cm³/mol. The molecule has 0 radical (unpaired) electrons. The van der Waals surface area contributed by atoms with Crippen LogP contribution in [0, 0.1) is 5.82 Å². The van der Waals surface area contributed by atoms with Gasteiger partial charge in [0.15, 0.2) is 0 Å². The first kappa shape index (κ1) is 12.3. The molecule has 0 saturated heterocycles. The summed E-state index contributed by atoms with van der Waals surface area (Å²) in [5.41, 5.74) is 0.199. The second-order valence-corrected chi connectivity index (χ2v) is 4.90. The molecular formula is C12H8BrClFNO. The average Bonchev–Trinajstić information content (AvgIpc) is 2.28. The Labute approximate surface area is 111 Å². The third-order valence-electron chi connectivity index (χ3n) is 2.30. The van der Waals surface area contributed by atoms with Crippen LogP contribution in [0.3, 0.4) is 0 Å². The Morgan fingerprint density at radius 1 is 1.29 bits per heavy atom. The molecule has 5 heteroatoms. The average molecular weight is 317 g/mol. The van der Waals surface area contributed by atoms with Gasteiger partial charge in [-0.2, -0.15) is 0 Å². The number of nitrogens with zero attached hydrogens (tertiary/aromatic N) is 1. The van der Waals surface area contributed by atoms with Gasteiger partial charge in [-0.25, -0.2) is 4.39 Å². The van der Waals surface area contributed by atoms with Gasteiger partial charge < -0.3 is 4.57 Å². The zero-order chi connectivity index (χ0) is 12.4. The molecule has 0 atom stereocenters. The molecule has 0 unspecified atom stereocenters. The molecule has 88 valence electrons. The first-order chi connectivity index (χ1) is 8.06. The van der Waals surface area contributed by atoms with E-state index in [1.165, 1.54) is 28.8 Å². The van der Waals surface area contributed by atoms with Crippen LogP contribution in [0.2, 0.25) is 5.02 Å². The fourth-order valence-electron chi connectivity index (χ4n) is 1.47. The highest BCUT2D eigenvalue weighted by Gasteiger charge is 2.05. The van der Waals surface area contributed by atoms with Gasteiger partial charge in [0, 0.05) is 27.3 Å². The lowest BCUT2D eigenvalue weighted by Crippen LogP contribution is -2.19. The van der Waals surface area contributed by atoms with Crippen molar-refractivity contribution in [3.8, 4) is 0 Å². The molecule has 0 aliphatic rings. The summed E-state index contributed by atoms with van der Waals surface area (Å²) < 4.78 is 15.7. The summed E-state index contributed by atoms with van der Waals surface area (Å²) in [6.45, 7) is 0.157. The molecule has 0 amide bonds. The molecule has 17 heavy (non-hydrogen) atoms. The Morgan fingerprint density at radius 3 is 2.82 bits per heavy atom. The largest absolute Gasteiger partial charge is 0.310 e. The number of aromatic nitrogens is 1. The van der Waals surface area contributed by atoms with Gasteiger partial charge in [-0.15, -0.1) is 0 Å². The summed E-state index contributed by atoms with van der Waals surface area (Å²) in [6, 6.07) is 7.36. The van der Waals surface area contributed by atoms with E-state index < -0.39 is 0 Å². The minimum atomic E-state index is -0.374. The first-order valence-electron chi connectivity index (χ1n) is 4.86. The van der Waals surface area contributed by atoms with Crippen molar-refractivity contribution in [2.75, 3.05) is 0 Å². The second-order valence-electron chi connectivity index (χ2n) is 3.55.